The summed E-state index contributed by atoms with van der Waals surface area (Å²) in [6, 6.07) is 16.0. The van der Waals surface area contributed by atoms with Crippen molar-refractivity contribution in [1.29, 1.82) is 0 Å². The lowest BCUT2D eigenvalue weighted by molar-refractivity contribution is -0.122. The minimum Gasteiger partial charge on any atom is -0.481 e. The summed E-state index contributed by atoms with van der Waals surface area (Å²) in [5, 5.41) is 5.35. The summed E-state index contributed by atoms with van der Waals surface area (Å²) >= 11 is 1.41. The average molecular weight is 366 g/mol. The van der Waals surface area contributed by atoms with Crippen molar-refractivity contribution in [3.05, 3.63) is 65.0 Å². The van der Waals surface area contributed by atoms with Crippen LogP contribution in [0.4, 0.5) is 5.13 Å². The van der Waals surface area contributed by atoms with Crippen LogP contribution in [0.15, 0.2) is 53.9 Å². The summed E-state index contributed by atoms with van der Waals surface area (Å²) in [7, 11) is 0. The standard InChI is InChI=1S/C21H22N2O2S/c1-4-16-8-10-17(11-9-16)19-13-26-21(22-19)23-20(24)15(3)25-18-7-5-6-14(2)12-18/h5-13,15H,4H2,1-3H3,(H,22,23,24)/t15-/m0/s1. The predicted octanol–water partition coefficient (Wildman–Crippen LogP) is 5.09. The quantitative estimate of drug-likeness (QED) is 0.661. The molecule has 2 aromatic carbocycles. The Morgan fingerprint density at radius 3 is 2.69 bits per heavy atom. The molecule has 0 saturated carbocycles. The molecule has 0 aliphatic heterocycles. The van der Waals surface area contributed by atoms with Crippen molar-refractivity contribution in [3.63, 3.8) is 0 Å². The zero-order valence-corrected chi connectivity index (χ0v) is 16.0. The molecule has 4 nitrogen and oxygen atoms in total. The molecule has 3 rings (SSSR count). The Balaban J connectivity index is 1.63. The predicted molar refractivity (Wildman–Crippen MR) is 107 cm³/mol. The molecular weight excluding hydrogens is 344 g/mol. The Morgan fingerprint density at radius 2 is 2.00 bits per heavy atom. The van der Waals surface area contributed by atoms with Crippen molar-refractivity contribution < 1.29 is 9.53 Å². The molecule has 3 aromatic rings. The van der Waals surface area contributed by atoms with E-state index >= 15 is 0 Å². The summed E-state index contributed by atoms with van der Waals surface area (Å²) in [6.45, 7) is 5.85. The SMILES string of the molecule is CCc1ccc(-c2csc(NC(=O)[C@H](C)Oc3cccc(C)c3)n2)cc1. The lowest BCUT2D eigenvalue weighted by Crippen LogP contribution is -2.30. The van der Waals surface area contributed by atoms with Crippen LogP contribution in [-0.2, 0) is 11.2 Å². The summed E-state index contributed by atoms with van der Waals surface area (Å²) in [6.07, 6.45) is 0.408. The van der Waals surface area contributed by atoms with Crippen LogP contribution in [0, 0.1) is 6.92 Å². The van der Waals surface area contributed by atoms with Crippen molar-refractivity contribution in [2.45, 2.75) is 33.3 Å². The highest BCUT2D eigenvalue weighted by Crippen LogP contribution is 2.25. The van der Waals surface area contributed by atoms with E-state index in [1.807, 2.05) is 36.6 Å². The Labute approximate surface area is 157 Å². The highest BCUT2D eigenvalue weighted by atomic mass is 32.1. The van der Waals surface area contributed by atoms with Gasteiger partial charge in [0.2, 0.25) is 0 Å². The van der Waals surface area contributed by atoms with E-state index in [1.165, 1.54) is 16.9 Å². The maximum atomic E-state index is 12.4. The zero-order chi connectivity index (χ0) is 18.5. The second-order valence-electron chi connectivity index (χ2n) is 6.15. The number of hydrogen-bond donors (Lipinski definition) is 1. The van der Waals surface area contributed by atoms with Crippen LogP contribution < -0.4 is 10.1 Å². The van der Waals surface area contributed by atoms with Crippen molar-refractivity contribution in [3.8, 4) is 17.0 Å². The number of nitrogens with one attached hydrogen (secondary N) is 1. The zero-order valence-electron chi connectivity index (χ0n) is 15.2. The first-order chi connectivity index (χ1) is 12.5. The van der Waals surface area contributed by atoms with Gasteiger partial charge in [-0.2, -0.15) is 0 Å². The van der Waals surface area contributed by atoms with E-state index in [1.54, 1.807) is 6.92 Å². The van der Waals surface area contributed by atoms with E-state index in [-0.39, 0.29) is 5.91 Å². The van der Waals surface area contributed by atoms with Gasteiger partial charge in [0.25, 0.3) is 5.91 Å². The fraction of sp³-hybridized carbons (Fsp3) is 0.238. The molecule has 1 amide bonds. The normalized spacial score (nSPS) is 11.8. The van der Waals surface area contributed by atoms with Crippen LogP contribution in [0.2, 0.25) is 0 Å². The molecule has 0 spiro atoms. The second-order valence-corrected chi connectivity index (χ2v) is 7.01. The lowest BCUT2D eigenvalue weighted by atomic mass is 10.1. The van der Waals surface area contributed by atoms with Crippen LogP contribution in [0.5, 0.6) is 5.75 Å². The van der Waals surface area contributed by atoms with Gasteiger partial charge in [0.1, 0.15) is 5.75 Å². The number of aromatic nitrogens is 1. The molecule has 1 atom stereocenters. The van der Waals surface area contributed by atoms with Gasteiger partial charge in [0.05, 0.1) is 5.69 Å². The van der Waals surface area contributed by atoms with Crippen molar-refractivity contribution in [1.82, 2.24) is 4.98 Å². The molecule has 134 valence electrons. The highest BCUT2D eigenvalue weighted by molar-refractivity contribution is 7.14. The molecule has 0 radical (unpaired) electrons. The number of amides is 1. The number of thiazole rings is 1. The third-order valence-electron chi connectivity index (χ3n) is 4.06. The number of anilines is 1. The average Bonchev–Trinajstić information content (AvgIpc) is 3.10. The Morgan fingerprint density at radius 1 is 1.23 bits per heavy atom. The summed E-state index contributed by atoms with van der Waals surface area (Å²) in [4.78, 5) is 16.9. The van der Waals surface area contributed by atoms with Crippen LogP contribution in [0.3, 0.4) is 0 Å². The van der Waals surface area contributed by atoms with E-state index in [9.17, 15) is 4.79 Å². The van der Waals surface area contributed by atoms with Crippen molar-refractivity contribution >= 4 is 22.4 Å². The second kappa shape index (κ2) is 8.15. The summed E-state index contributed by atoms with van der Waals surface area (Å²) in [5.41, 5.74) is 4.29. The van der Waals surface area contributed by atoms with Crippen LogP contribution >= 0.6 is 11.3 Å². The smallest absolute Gasteiger partial charge is 0.266 e. The third kappa shape index (κ3) is 4.49. The third-order valence-corrected chi connectivity index (χ3v) is 4.82. The lowest BCUT2D eigenvalue weighted by Gasteiger charge is -2.14. The first kappa shape index (κ1) is 18.1. The Hall–Kier alpha value is -2.66. The minimum absolute atomic E-state index is 0.214. The number of carbonyl (C=O) groups is 1. The number of rotatable bonds is 6. The summed E-state index contributed by atoms with van der Waals surface area (Å²) in [5.74, 6) is 0.470. The number of aryl methyl sites for hydroxylation is 2. The van der Waals surface area contributed by atoms with Gasteiger partial charge in [0, 0.05) is 10.9 Å². The first-order valence-electron chi connectivity index (χ1n) is 8.64. The molecule has 1 heterocycles. The Bertz CT molecular complexity index is 887. The van der Waals surface area contributed by atoms with Crippen LogP contribution in [-0.4, -0.2) is 17.0 Å². The fourth-order valence-corrected chi connectivity index (χ4v) is 3.25. The number of hydrogen-bond acceptors (Lipinski definition) is 4. The molecule has 0 aliphatic carbocycles. The van der Waals surface area contributed by atoms with Crippen molar-refractivity contribution in [2.24, 2.45) is 0 Å². The maximum absolute atomic E-state index is 12.4. The highest BCUT2D eigenvalue weighted by Gasteiger charge is 2.16. The molecule has 0 unspecified atom stereocenters. The van der Waals surface area contributed by atoms with Crippen LogP contribution in [0.1, 0.15) is 25.0 Å². The number of ether oxygens (including phenoxy) is 1. The number of benzene rings is 2. The van der Waals surface area contributed by atoms with Gasteiger partial charge in [0.15, 0.2) is 11.2 Å². The molecule has 5 heteroatoms. The van der Waals surface area contributed by atoms with E-state index in [0.717, 1.165) is 23.2 Å². The topological polar surface area (TPSA) is 51.2 Å². The van der Waals surface area contributed by atoms with Crippen molar-refractivity contribution in [2.75, 3.05) is 5.32 Å². The van der Waals surface area contributed by atoms with Gasteiger partial charge in [-0.1, -0.05) is 43.3 Å². The van der Waals surface area contributed by atoms with Gasteiger partial charge in [-0.05, 0) is 43.5 Å². The summed E-state index contributed by atoms with van der Waals surface area (Å²) < 4.78 is 5.71. The number of nitrogens with zero attached hydrogens (tertiary/aromatic N) is 1. The monoisotopic (exact) mass is 366 g/mol. The van der Waals surface area contributed by atoms with E-state index < -0.39 is 6.10 Å². The minimum atomic E-state index is -0.604. The van der Waals surface area contributed by atoms with E-state index in [2.05, 4.69) is 41.5 Å². The van der Waals surface area contributed by atoms with Gasteiger partial charge < -0.3 is 4.74 Å². The van der Waals surface area contributed by atoms with Gasteiger partial charge >= 0.3 is 0 Å². The Kier molecular flexibility index (Phi) is 5.68. The molecule has 0 aliphatic rings. The van der Waals surface area contributed by atoms with E-state index in [4.69, 9.17) is 4.74 Å². The molecule has 0 saturated heterocycles. The molecule has 0 bridgehead atoms. The molecule has 0 fully saturated rings. The number of carbonyl (C=O) groups excluding carboxylic acids is 1. The molecule has 1 aromatic heterocycles. The van der Waals surface area contributed by atoms with Gasteiger partial charge in [-0.3, -0.25) is 10.1 Å². The first-order valence-corrected chi connectivity index (χ1v) is 9.52. The van der Waals surface area contributed by atoms with Gasteiger partial charge in [-0.15, -0.1) is 11.3 Å². The van der Waals surface area contributed by atoms with Crippen LogP contribution in [0.25, 0.3) is 11.3 Å². The van der Waals surface area contributed by atoms with E-state index in [0.29, 0.717) is 10.9 Å². The molecule has 26 heavy (non-hydrogen) atoms. The maximum Gasteiger partial charge on any atom is 0.266 e. The molecular formula is C21H22N2O2S. The molecule has 1 N–H and O–H groups in total. The van der Waals surface area contributed by atoms with Gasteiger partial charge in [-0.25, -0.2) is 4.98 Å². The largest absolute Gasteiger partial charge is 0.481 e. The fourth-order valence-electron chi connectivity index (χ4n) is 2.53.